The van der Waals surface area contributed by atoms with Crippen molar-refractivity contribution in [3.8, 4) is 23.0 Å². The lowest BCUT2D eigenvalue weighted by molar-refractivity contribution is 0.390. The van der Waals surface area contributed by atoms with Crippen LogP contribution in [0.5, 0.6) is 5.75 Å². The van der Waals surface area contributed by atoms with E-state index in [0.29, 0.717) is 23.2 Å². The second-order valence-electron chi connectivity index (χ2n) is 5.06. The lowest BCUT2D eigenvalue weighted by Crippen LogP contribution is -1.96. The van der Waals surface area contributed by atoms with Crippen LogP contribution < -0.4 is 4.74 Å². The zero-order valence-corrected chi connectivity index (χ0v) is 14.1. The maximum absolute atomic E-state index is 5.28. The third-order valence-corrected chi connectivity index (χ3v) is 4.42. The Morgan fingerprint density at radius 3 is 3.04 bits per heavy atom. The molecule has 3 aromatic heterocycles. The van der Waals surface area contributed by atoms with Gasteiger partial charge in [0.25, 0.3) is 0 Å². The van der Waals surface area contributed by atoms with Crippen molar-refractivity contribution < 1.29 is 13.7 Å². The fraction of sp³-hybridized carbons (Fsp3) is 0.118. The molecule has 4 aromatic rings. The van der Waals surface area contributed by atoms with Crippen LogP contribution in [0.25, 0.3) is 17.3 Å². The Hall–Kier alpha value is -3.00. The van der Waals surface area contributed by atoms with Gasteiger partial charge in [0, 0.05) is 18.5 Å². The second kappa shape index (κ2) is 6.86. The molecule has 7 nitrogen and oxygen atoms in total. The first-order valence-corrected chi connectivity index (χ1v) is 8.49. The van der Waals surface area contributed by atoms with E-state index in [2.05, 4.69) is 15.1 Å². The number of benzene rings is 1. The van der Waals surface area contributed by atoms with Gasteiger partial charge < -0.3 is 13.7 Å². The first-order chi connectivity index (χ1) is 12.3. The van der Waals surface area contributed by atoms with E-state index in [9.17, 15) is 0 Å². The summed E-state index contributed by atoms with van der Waals surface area (Å²) in [5.74, 6) is 2.84. The van der Waals surface area contributed by atoms with Crippen molar-refractivity contribution in [2.45, 2.75) is 10.9 Å². The average Bonchev–Trinajstić information content (AvgIpc) is 3.40. The maximum Gasteiger partial charge on any atom is 0.238 e. The summed E-state index contributed by atoms with van der Waals surface area (Å²) in [5.41, 5.74) is 0.973. The van der Waals surface area contributed by atoms with Crippen LogP contribution in [0.3, 0.4) is 0 Å². The highest BCUT2D eigenvalue weighted by atomic mass is 32.2. The molecule has 0 saturated carbocycles. The van der Waals surface area contributed by atoms with E-state index in [1.54, 1.807) is 31.7 Å². The van der Waals surface area contributed by atoms with E-state index in [0.717, 1.165) is 16.6 Å². The highest BCUT2D eigenvalue weighted by Crippen LogP contribution is 2.26. The molecule has 8 heteroatoms. The van der Waals surface area contributed by atoms with Gasteiger partial charge in [0.15, 0.2) is 10.9 Å². The molecule has 4 rings (SSSR count). The van der Waals surface area contributed by atoms with Crippen LogP contribution in [0.4, 0.5) is 0 Å². The van der Waals surface area contributed by atoms with Crippen LogP contribution >= 0.6 is 11.8 Å². The number of thioether (sulfide) groups is 1. The summed E-state index contributed by atoms with van der Waals surface area (Å²) in [6.07, 6.45) is 5.23. The third kappa shape index (κ3) is 3.29. The molecule has 25 heavy (non-hydrogen) atoms. The van der Waals surface area contributed by atoms with Crippen LogP contribution in [-0.2, 0) is 5.75 Å². The van der Waals surface area contributed by atoms with Gasteiger partial charge in [0.1, 0.15) is 5.75 Å². The Labute approximate surface area is 147 Å². The SMILES string of the molecule is COc1cccc(-n2ccnc2SCc2nc(-c3ccco3)no2)c1. The minimum absolute atomic E-state index is 0.441. The first-order valence-electron chi connectivity index (χ1n) is 7.50. The van der Waals surface area contributed by atoms with Gasteiger partial charge in [0.2, 0.25) is 11.7 Å². The van der Waals surface area contributed by atoms with E-state index in [1.165, 1.54) is 11.8 Å². The minimum atomic E-state index is 0.441. The van der Waals surface area contributed by atoms with Gasteiger partial charge in [-0.05, 0) is 24.3 Å². The topological polar surface area (TPSA) is 79.1 Å². The van der Waals surface area contributed by atoms with Crippen LogP contribution in [0.15, 0.2) is 69.2 Å². The molecule has 0 saturated heterocycles. The monoisotopic (exact) mass is 354 g/mol. The number of furan rings is 1. The van der Waals surface area contributed by atoms with Crippen LogP contribution in [-0.4, -0.2) is 26.8 Å². The van der Waals surface area contributed by atoms with Crippen molar-refractivity contribution >= 4 is 11.8 Å². The molecular formula is C17H14N4O3S. The molecule has 0 spiro atoms. The molecular weight excluding hydrogens is 340 g/mol. The molecule has 0 aliphatic heterocycles. The highest BCUT2D eigenvalue weighted by molar-refractivity contribution is 7.98. The quantitative estimate of drug-likeness (QED) is 0.487. The van der Waals surface area contributed by atoms with E-state index in [4.69, 9.17) is 13.7 Å². The molecule has 0 unspecified atom stereocenters. The zero-order chi connectivity index (χ0) is 17.1. The van der Waals surface area contributed by atoms with Crippen molar-refractivity contribution in [2.75, 3.05) is 7.11 Å². The summed E-state index contributed by atoms with van der Waals surface area (Å²) in [4.78, 5) is 8.73. The summed E-state index contributed by atoms with van der Waals surface area (Å²) in [6, 6.07) is 11.4. The minimum Gasteiger partial charge on any atom is -0.497 e. The van der Waals surface area contributed by atoms with Crippen molar-refractivity contribution in [1.29, 1.82) is 0 Å². The van der Waals surface area contributed by atoms with E-state index < -0.39 is 0 Å². The Morgan fingerprint density at radius 1 is 1.24 bits per heavy atom. The fourth-order valence-electron chi connectivity index (χ4n) is 2.30. The number of hydrogen-bond acceptors (Lipinski definition) is 7. The molecule has 0 radical (unpaired) electrons. The highest BCUT2D eigenvalue weighted by Gasteiger charge is 2.13. The predicted molar refractivity (Wildman–Crippen MR) is 91.7 cm³/mol. The summed E-state index contributed by atoms with van der Waals surface area (Å²) in [5, 5.41) is 4.75. The Bertz CT molecular complexity index is 962. The Balaban J connectivity index is 1.50. The molecule has 0 fully saturated rings. The molecule has 0 atom stereocenters. The Morgan fingerprint density at radius 2 is 2.20 bits per heavy atom. The molecule has 126 valence electrons. The lowest BCUT2D eigenvalue weighted by atomic mass is 10.3. The number of aromatic nitrogens is 4. The molecule has 0 aliphatic carbocycles. The third-order valence-electron chi connectivity index (χ3n) is 3.47. The van der Waals surface area contributed by atoms with Gasteiger partial charge in [-0.2, -0.15) is 4.98 Å². The number of rotatable bonds is 6. The molecule has 3 heterocycles. The molecule has 0 amide bonds. The average molecular weight is 354 g/mol. The van der Waals surface area contributed by atoms with Gasteiger partial charge in [0.05, 0.1) is 24.8 Å². The van der Waals surface area contributed by atoms with Gasteiger partial charge >= 0.3 is 0 Å². The van der Waals surface area contributed by atoms with Crippen molar-refractivity contribution in [3.63, 3.8) is 0 Å². The predicted octanol–water partition coefficient (Wildman–Crippen LogP) is 3.82. The van der Waals surface area contributed by atoms with E-state index in [1.807, 2.05) is 35.0 Å². The van der Waals surface area contributed by atoms with E-state index >= 15 is 0 Å². The van der Waals surface area contributed by atoms with Crippen LogP contribution in [0, 0.1) is 0 Å². The standard InChI is InChI=1S/C17H14N4O3S/c1-22-13-5-2-4-12(10-13)21-8-7-18-17(21)25-11-15-19-16(20-24-15)14-6-3-9-23-14/h2-10H,11H2,1H3. The molecule has 0 aliphatic rings. The van der Waals surface area contributed by atoms with Crippen molar-refractivity contribution in [1.82, 2.24) is 19.7 Å². The Kier molecular flexibility index (Phi) is 4.26. The maximum atomic E-state index is 5.28. The summed E-state index contributed by atoms with van der Waals surface area (Å²) in [6.45, 7) is 0. The normalized spacial score (nSPS) is 10.9. The molecule has 0 N–H and O–H groups in total. The van der Waals surface area contributed by atoms with Gasteiger partial charge in [-0.25, -0.2) is 4.98 Å². The van der Waals surface area contributed by atoms with Gasteiger partial charge in [-0.1, -0.05) is 23.0 Å². The fourth-order valence-corrected chi connectivity index (χ4v) is 3.11. The van der Waals surface area contributed by atoms with Gasteiger partial charge in [-0.15, -0.1) is 0 Å². The second-order valence-corrected chi connectivity index (χ2v) is 6.00. The number of ether oxygens (including phenoxy) is 1. The number of hydrogen-bond donors (Lipinski definition) is 0. The van der Waals surface area contributed by atoms with Crippen molar-refractivity contribution in [3.05, 3.63) is 60.9 Å². The lowest BCUT2D eigenvalue weighted by Gasteiger charge is -2.08. The number of methoxy groups -OCH3 is 1. The largest absolute Gasteiger partial charge is 0.497 e. The van der Waals surface area contributed by atoms with Crippen LogP contribution in [0.1, 0.15) is 5.89 Å². The molecule has 1 aromatic carbocycles. The smallest absolute Gasteiger partial charge is 0.238 e. The van der Waals surface area contributed by atoms with Gasteiger partial charge in [-0.3, -0.25) is 4.57 Å². The number of imidazole rings is 1. The zero-order valence-electron chi connectivity index (χ0n) is 13.3. The van der Waals surface area contributed by atoms with Crippen LogP contribution in [0.2, 0.25) is 0 Å². The number of nitrogens with zero attached hydrogens (tertiary/aromatic N) is 4. The van der Waals surface area contributed by atoms with Crippen molar-refractivity contribution in [2.24, 2.45) is 0 Å². The summed E-state index contributed by atoms with van der Waals surface area (Å²) in [7, 11) is 1.65. The first kappa shape index (κ1) is 15.5. The van der Waals surface area contributed by atoms with E-state index in [-0.39, 0.29) is 0 Å². The summed E-state index contributed by atoms with van der Waals surface area (Å²) >= 11 is 1.51. The summed E-state index contributed by atoms with van der Waals surface area (Å²) < 4.78 is 17.8. The molecule has 0 bridgehead atoms.